The Kier molecular flexibility index (Phi) is 7.03. The van der Waals surface area contributed by atoms with Gasteiger partial charge in [-0.3, -0.25) is 9.59 Å². The quantitative estimate of drug-likeness (QED) is 0.538. The SMILES string of the molecule is COc1ccc(NC(=O)CCc2ccccc2Cl)cc1NC(=O)c1cccc(F)c1. The van der Waals surface area contributed by atoms with E-state index >= 15 is 0 Å². The first-order valence-corrected chi connectivity index (χ1v) is 9.62. The Morgan fingerprint density at radius 1 is 1.00 bits per heavy atom. The van der Waals surface area contributed by atoms with Crippen LogP contribution < -0.4 is 15.4 Å². The van der Waals surface area contributed by atoms with Gasteiger partial charge in [-0.1, -0.05) is 35.9 Å². The second-order valence-electron chi connectivity index (χ2n) is 6.52. The Hall–Kier alpha value is -3.38. The van der Waals surface area contributed by atoms with Crippen LogP contribution in [0.1, 0.15) is 22.3 Å². The lowest BCUT2D eigenvalue weighted by Crippen LogP contribution is -2.15. The molecule has 0 aliphatic heterocycles. The summed E-state index contributed by atoms with van der Waals surface area (Å²) in [6, 6.07) is 17.6. The lowest BCUT2D eigenvalue weighted by atomic mass is 10.1. The van der Waals surface area contributed by atoms with Crippen molar-refractivity contribution in [2.45, 2.75) is 12.8 Å². The van der Waals surface area contributed by atoms with Crippen LogP contribution in [0.25, 0.3) is 0 Å². The second kappa shape index (κ2) is 9.89. The molecule has 154 valence electrons. The van der Waals surface area contributed by atoms with E-state index in [2.05, 4.69) is 10.6 Å². The fourth-order valence-corrected chi connectivity index (χ4v) is 3.11. The minimum absolute atomic E-state index is 0.172. The molecule has 2 amide bonds. The summed E-state index contributed by atoms with van der Waals surface area (Å²) in [4.78, 5) is 24.8. The van der Waals surface area contributed by atoms with Gasteiger partial charge in [-0.25, -0.2) is 4.39 Å². The van der Waals surface area contributed by atoms with Gasteiger partial charge in [0.05, 0.1) is 12.8 Å². The molecule has 3 aromatic rings. The molecule has 0 aliphatic carbocycles. The molecule has 0 spiro atoms. The van der Waals surface area contributed by atoms with Crippen LogP contribution in [-0.2, 0) is 11.2 Å². The summed E-state index contributed by atoms with van der Waals surface area (Å²) in [7, 11) is 1.47. The number of carbonyl (C=O) groups excluding carboxylic acids is 2. The van der Waals surface area contributed by atoms with E-state index < -0.39 is 11.7 Å². The van der Waals surface area contributed by atoms with Crippen molar-refractivity contribution < 1.29 is 18.7 Å². The largest absolute Gasteiger partial charge is 0.495 e. The molecule has 3 aromatic carbocycles. The summed E-state index contributed by atoms with van der Waals surface area (Å²) < 4.78 is 18.6. The van der Waals surface area contributed by atoms with Crippen molar-refractivity contribution in [3.05, 3.63) is 88.7 Å². The molecule has 30 heavy (non-hydrogen) atoms. The number of amides is 2. The topological polar surface area (TPSA) is 67.4 Å². The Morgan fingerprint density at radius 3 is 2.53 bits per heavy atom. The zero-order valence-electron chi connectivity index (χ0n) is 16.2. The van der Waals surface area contributed by atoms with Gasteiger partial charge >= 0.3 is 0 Å². The third-order valence-electron chi connectivity index (χ3n) is 4.40. The maximum absolute atomic E-state index is 13.4. The van der Waals surface area contributed by atoms with Crippen molar-refractivity contribution in [3.63, 3.8) is 0 Å². The average molecular weight is 427 g/mol. The number of benzene rings is 3. The highest BCUT2D eigenvalue weighted by atomic mass is 35.5. The summed E-state index contributed by atoms with van der Waals surface area (Å²) in [6.45, 7) is 0. The van der Waals surface area contributed by atoms with Crippen LogP contribution in [0.3, 0.4) is 0 Å². The number of rotatable bonds is 7. The van der Waals surface area contributed by atoms with Crippen LogP contribution in [0.2, 0.25) is 5.02 Å². The number of aryl methyl sites for hydroxylation is 1. The summed E-state index contributed by atoms with van der Waals surface area (Å²) in [6.07, 6.45) is 0.756. The van der Waals surface area contributed by atoms with Gasteiger partial charge in [-0.15, -0.1) is 0 Å². The third-order valence-corrected chi connectivity index (χ3v) is 4.77. The number of methoxy groups -OCH3 is 1. The Bertz CT molecular complexity index is 1070. The van der Waals surface area contributed by atoms with Crippen LogP contribution in [0.4, 0.5) is 15.8 Å². The molecule has 0 saturated heterocycles. The molecule has 5 nitrogen and oxygen atoms in total. The molecule has 0 aliphatic rings. The number of nitrogens with one attached hydrogen (secondary N) is 2. The number of anilines is 2. The Balaban J connectivity index is 1.68. The molecular weight excluding hydrogens is 407 g/mol. The van der Waals surface area contributed by atoms with Gasteiger partial charge in [0.15, 0.2) is 0 Å². The molecule has 2 N–H and O–H groups in total. The summed E-state index contributed by atoms with van der Waals surface area (Å²) in [5, 5.41) is 6.10. The summed E-state index contributed by atoms with van der Waals surface area (Å²) in [5.74, 6) is -0.777. The van der Waals surface area contributed by atoms with E-state index in [1.165, 1.54) is 25.3 Å². The summed E-state index contributed by atoms with van der Waals surface area (Å²) in [5.41, 5.74) is 1.92. The van der Waals surface area contributed by atoms with Crippen molar-refractivity contribution in [2.24, 2.45) is 0 Å². The molecule has 3 rings (SSSR count). The van der Waals surface area contributed by atoms with E-state index in [9.17, 15) is 14.0 Å². The highest BCUT2D eigenvalue weighted by Crippen LogP contribution is 2.28. The van der Waals surface area contributed by atoms with Crippen LogP contribution in [-0.4, -0.2) is 18.9 Å². The molecule has 0 saturated carbocycles. The maximum atomic E-state index is 13.4. The minimum Gasteiger partial charge on any atom is -0.495 e. The van der Waals surface area contributed by atoms with Gasteiger partial charge in [0.25, 0.3) is 5.91 Å². The molecule has 0 aromatic heterocycles. The van der Waals surface area contributed by atoms with Crippen molar-refractivity contribution in [1.82, 2.24) is 0 Å². The zero-order chi connectivity index (χ0) is 21.5. The van der Waals surface area contributed by atoms with Crippen molar-refractivity contribution >= 4 is 34.8 Å². The van der Waals surface area contributed by atoms with Crippen molar-refractivity contribution in [1.29, 1.82) is 0 Å². The van der Waals surface area contributed by atoms with Crippen LogP contribution in [0.15, 0.2) is 66.7 Å². The average Bonchev–Trinajstić information content (AvgIpc) is 2.73. The standard InChI is InChI=1S/C23H20ClFN2O3/c1-30-21-11-10-18(26-22(28)12-9-15-5-2-3-8-19(15)24)14-20(21)27-23(29)16-6-4-7-17(25)13-16/h2-8,10-11,13-14H,9,12H2,1H3,(H,26,28)(H,27,29). The maximum Gasteiger partial charge on any atom is 0.255 e. The second-order valence-corrected chi connectivity index (χ2v) is 6.93. The number of hydrogen-bond acceptors (Lipinski definition) is 3. The smallest absolute Gasteiger partial charge is 0.255 e. The Labute approximate surface area is 178 Å². The first-order valence-electron chi connectivity index (χ1n) is 9.24. The van der Waals surface area contributed by atoms with Gasteiger partial charge < -0.3 is 15.4 Å². The van der Waals surface area contributed by atoms with Gasteiger partial charge in [-0.05, 0) is 54.4 Å². The predicted octanol–water partition coefficient (Wildman–Crippen LogP) is 5.31. The molecule has 0 heterocycles. The molecule has 0 fully saturated rings. The van der Waals surface area contributed by atoms with E-state index in [4.69, 9.17) is 16.3 Å². The van der Waals surface area contributed by atoms with Gasteiger partial charge in [0, 0.05) is 22.7 Å². The van der Waals surface area contributed by atoms with Crippen molar-refractivity contribution in [2.75, 3.05) is 17.7 Å². The van der Waals surface area contributed by atoms with Gasteiger partial charge in [0.1, 0.15) is 11.6 Å². The third kappa shape index (κ3) is 5.58. The first kappa shape index (κ1) is 21.3. The highest BCUT2D eigenvalue weighted by Gasteiger charge is 2.13. The highest BCUT2D eigenvalue weighted by molar-refractivity contribution is 6.31. The number of hydrogen-bond donors (Lipinski definition) is 2. The summed E-state index contributed by atoms with van der Waals surface area (Å²) >= 11 is 6.12. The number of ether oxygens (including phenoxy) is 1. The Morgan fingerprint density at radius 2 is 1.80 bits per heavy atom. The fourth-order valence-electron chi connectivity index (χ4n) is 2.88. The molecule has 0 radical (unpaired) electrons. The molecule has 0 atom stereocenters. The normalized spacial score (nSPS) is 10.4. The zero-order valence-corrected chi connectivity index (χ0v) is 17.0. The van der Waals surface area contributed by atoms with Crippen LogP contribution in [0.5, 0.6) is 5.75 Å². The van der Waals surface area contributed by atoms with Crippen molar-refractivity contribution in [3.8, 4) is 5.75 Å². The van der Waals surface area contributed by atoms with E-state index in [1.54, 1.807) is 24.3 Å². The molecular formula is C23H20ClFN2O3. The van der Waals surface area contributed by atoms with Crippen LogP contribution >= 0.6 is 11.6 Å². The monoisotopic (exact) mass is 426 g/mol. The lowest BCUT2D eigenvalue weighted by Gasteiger charge is -2.13. The van der Waals surface area contributed by atoms with Gasteiger partial charge in [-0.2, -0.15) is 0 Å². The first-order chi connectivity index (χ1) is 14.5. The van der Waals surface area contributed by atoms with E-state index in [0.29, 0.717) is 28.6 Å². The van der Waals surface area contributed by atoms with Gasteiger partial charge in [0.2, 0.25) is 5.91 Å². The van der Waals surface area contributed by atoms with E-state index in [0.717, 1.165) is 11.6 Å². The molecule has 0 unspecified atom stereocenters. The molecule has 0 bridgehead atoms. The fraction of sp³-hybridized carbons (Fsp3) is 0.130. The van der Waals surface area contributed by atoms with Crippen LogP contribution in [0, 0.1) is 5.82 Å². The molecule has 7 heteroatoms. The number of halogens is 2. The van der Waals surface area contributed by atoms with E-state index in [1.807, 2.05) is 18.2 Å². The minimum atomic E-state index is -0.505. The lowest BCUT2D eigenvalue weighted by molar-refractivity contribution is -0.116. The predicted molar refractivity (Wildman–Crippen MR) is 116 cm³/mol. The van der Waals surface area contributed by atoms with E-state index in [-0.39, 0.29) is 17.9 Å². The number of carbonyl (C=O) groups is 2.